The number of anilines is 1. The van der Waals surface area contributed by atoms with Crippen LogP contribution in [0.1, 0.15) is 25.8 Å². The standard InChI is InChI=1S/C11H16N2O3S/c1-3-7-17(15,16)13-11-6-4-5-10(8-11)9(2)12-14/h4-6,8,13-14H,3,7H2,1-2H3/b12-9+. The van der Waals surface area contributed by atoms with Gasteiger partial charge in [-0.25, -0.2) is 8.42 Å². The molecule has 17 heavy (non-hydrogen) atoms. The van der Waals surface area contributed by atoms with Crippen molar-refractivity contribution in [3.8, 4) is 0 Å². The maximum Gasteiger partial charge on any atom is 0.232 e. The summed E-state index contributed by atoms with van der Waals surface area (Å²) >= 11 is 0. The van der Waals surface area contributed by atoms with E-state index < -0.39 is 10.0 Å². The van der Waals surface area contributed by atoms with E-state index in [4.69, 9.17) is 5.21 Å². The Balaban J connectivity index is 2.94. The summed E-state index contributed by atoms with van der Waals surface area (Å²) in [5, 5.41) is 11.7. The third kappa shape index (κ3) is 4.07. The van der Waals surface area contributed by atoms with Gasteiger partial charge in [0.2, 0.25) is 10.0 Å². The fourth-order valence-corrected chi connectivity index (χ4v) is 2.49. The van der Waals surface area contributed by atoms with E-state index in [1.54, 1.807) is 38.1 Å². The van der Waals surface area contributed by atoms with Gasteiger partial charge in [-0.05, 0) is 25.5 Å². The molecule has 1 aromatic rings. The summed E-state index contributed by atoms with van der Waals surface area (Å²) < 4.78 is 25.6. The smallest absolute Gasteiger partial charge is 0.232 e. The number of hydrogen-bond donors (Lipinski definition) is 2. The van der Waals surface area contributed by atoms with Crippen LogP contribution in [0.4, 0.5) is 5.69 Å². The number of benzene rings is 1. The van der Waals surface area contributed by atoms with Crippen LogP contribution in [0.2, 0.25) is 0 Å². The lowest BCUT2D eigenvalue weighted by atomic mass is 10.1. The number of nitrogens with zero attached hydrogens (tertiary/aromatic N) is 1. The van der Waals surface area contributed by atoms with Crippen LogP contribution in [0.5, 0.6) is 0 Å². The van der Waals surface area contributed by atoms with Gasteiger partial charge in [0.15, 0.2) is 0 Å². The molecular weight excluding hydrogens is 240 g/mol. The molecule has 0 atom stereocenters. The first kappa shape index (κ1) is 13.5. The number of nitrogens with one attached hydrogen (secondary N) is 1. The average Bonchev–Trinajstić information content (AvgIpc) is 2.27. The van der Waals surface area contributed by atoms with Gasteiger partial charge >= 0.3 is 0 Å². The SMILES string of the molecule is CCCS(=O)(=O)Nc1cccc(/C(C)=N/O)c1. The molecule has 5 nitrogen and oxygen atoms in total. The van der Waals surface area contributed by atoms with Crippen molar-refractivity contribution in [2.75, 3.05) is 10.5 Å². The molecule has 1 aromatic carbocycles. The first-order chi connectivity index (χ1) is 7.98. The van der Waals surface area contributed by atoms with Crippen LogP contribution in [-0.4, -0.2) is 25.1 Å². The summed E-state index contributed by atoms with van der Waals surface area (Å²) in [5.41, 5.74) is 1.57. The molecule has 0 saturated heterocycles. The maximum atomic E-state index is 11.6. The minimum atomic E-state index is -3.29. The fraction of sp³-hybridized carbons (Fsp3) is 0.364. The highest BCUT2D eigenvalue weighted by atomic mass is 32.2. The Bertz CT molecular complexity index is 509. The maximum absolute atomic E-state index is 11.6. The van der Waals surface area contributed by atoms with Gasteiger partial charge in [0, 0.05) is 11.3 Å². The van der Waals surface area contributed by atoms with Crippen molar-refractivity contribution in [1.82, 2.24) is 0 Å². The first-order valence-electron chi connectivity index (χ1n) is 5.28. The molecule has 0 spiro atoms. The number of sulfonamides is 1. The number of oxime groups is 1. The van der Waals surface area contributed by atoms with Crippen molar-refractivity contribution in [3.63, 3.8) is 0 Å². The van der Waals surface area contributed by atoms with Crippen LogP contribution >= 0.6 is 0 Å². The molecule has 0 bridgehead atoms. The Hall–Kier alpha value is -1.56. The largest absolute Gasteiger partial charge is 0.411 e. The fourth-order valence-electron chi connectivity index (χ4n) is 1.36. The zero-order valence-corrected chi connectivity index (χ0v) is 10.7. The summed E-state index contributed by atoms with van der Waals surface area (Å²) in [6.07, 6.45) is 0.562. The van der Waals surface area contributed by atoms with E-state index in [9.17, 15) is 8.42 Å². The topological polar surface area (TPSA) is 78.8 Å². The quantitative estimate of drug-likeness (QED) is 0.480. The van der Waals surface area contributed by atoms with Gasteiger partial charge in [0.25, 0.3) is 0 Å². The molecule has 94 valence electrons. The molecule has 0 radical (unpaired) electrons. The van der Waals surface area contributed by atoms with Crippen molar-refractivity contribution in [3.05, 3.63) is 29.8 Å². The lowest BCUT2D eigenvalue weighted by Crippen LogP contribution is -2.16. The van der Waals surface area contributed by atoms with E-state index in [0.717, 1.165) is 0 Å². The third-order valence-corrected chi connectivity index (χ3v) is 3.67. The Morgan fingerprint density at radius 1 is 1.47 bits per heavy atom. The predicted molar refractivity (Wildman–Crippen MR) is 68.1 cm³/mol. The van der Waals surface area contributed by atoms with Crippen LogP contribution in [0.25, 0.3) is 0 Å². The predicted octanol–water partition coefficient (Wildman–Crippen LogP) is 2.04. The van der Waals surface area contributed by atoms with Gasteiger partial charge in [-0.15, -0.1) is 0 Å². The normalized spacial score (nSPS) is 12.5. The van der Waals surface area contributed by atoms with Gasteiger partial charge in [-0.3, -0.25) is 4.72 Å². The lowest BCUT2D eigenvalue weighted by molar-refractivity contribution is 0.319. The van der Waals surface area contributed by atoms with E-state index in [1.165, 1.54) is 0 Å². The van der Waals surface area contributed by atoms with Crippen molar-refractivity contribution >= 4 is 21.4 Å². The molecule has 0 fully saturated rings. The molecule has 1 rings (SSSR count). The molecule has 0 saturated carbocycles. The Morgan fingerprint density at radius 3 is 2.76 bits per heavy atom. The zero-order chi connectivity index (χ0) is 12.9. The number of hydrogen-bond acceptors (Lipinski definition) is 4. The second-order valence-electron chi connectivity index (χ2n) is 3.69. The molecule has 6 heteroatoms. The second-order valence-corrected chi connectivity index (χ2v) is 5.53. The van der Waals surface area contributed by atoms with Crippen LogP contribution < -0.4 is 4.72 Å². The summed E-state index contributed by atoms with van der Waals surface area (Å²) in [6, 6.07) is 6.73. The van der Waals surface area contributed by atoms with Crippen molar-refractivity contribution in [1.29, 1.82) is 0 Å². The Labute approximate surface area is 101 Å². The zero-order valence-electron chi connectivity index (χ0n) is 9.84. The Morgan fingerprint density at radius 2 is 2.18 bits per heavy atom. The molecule has 0 amide bonds. The molecule has 0 heterocycles. The minimum Gasteiger partial charge on any atom is -0.411 e. The summed E-state index contributed by atoms with van der Waals surface area (Å²) in [7, 11) is -3.29. The molecule has 0 aliphatic carbocycles. The van der Waals surface area contributed by atoms with Gasteiger partial charge in [-0.2, -0.15) is 0 Å². The average molecular weight is 256 g/mol. The summed E-state index contributed by atoms with van der Waals surface area (Å²) in [5.74, 6) is 0.0876. The van der Waals surface area contributed by atoms with Gasteiger partial charge < -0.3 is 5.21 Å². The van der Waals surface area contributed by atoms with Gasteiger partial charge in [-0.1, -0.05) is 24.2 Å². The van der Waals surface area contributed by atoms with E-state index in [-0.39, 0.29) is 5.75 Å². The molecule has 0 unspecified atom stereocenters. The van der Waals surface area contributed by atoms with E-state index in [2.05, 4.69) is 9.88 Å². The highest BCUT2D eigenvalue weighted by Crippen LogP contribution is 2.13. The van der Waals surface area contributed by atoms with Crippen LogP contribution in [-0.2, 0) is 10.0 Å². The first-order valence-corrected chi connectivity index (χ1v) is 6.93. The van der Waals surface area contributed by atoms with Gasteiger partial charge in [0.05, 0.1) is 11.5 Å². The minimum absolute atomic E-state index is 0.0876. The molecule has 0 aliphatic heterocycles. The van der Waals surface area contributed by atoms with E-state index >= 15 is 0 Å². The highest BCUT2D eigenvalue weighted by molar-refractivity contribution is 7.92. The van der Waals surface area contributed by atoms with Crippen LogP contribution in [0, 0.1) is 0 Å². The van der Waals surface area contributed by atoms with Crippen LogP contribution in [0.3, 0.4) is 0 Å². The van der Waals surface area contributed by atoms with E-state index in [1.807, 2.05) is 0 Å². The number of rotatable bonds is 5. The Kier molecular flexibility index (Phi) is 4.51. The molecule has 2 N–H and O–H groups in total. The van der Waals surface area contributed by atoms with Crippen molar-refractivity contribution < 1.29 is 13.6 Å². The second kappa shape index (κ2) is 5.67. The lowest BCUT2D eigenvalue weighted by Gasteiger charge is -2.08. The van der Waals surface area contributed by atoms with Gasteiger partial charge in [0.1, 0.15) is 0 Å². The molecule has 0 aliphatic rings. The monoisotopic (exact) mass is 256 g/mol. The molecule has 0 aromatic heterocycles. The molecular formula is C11H16N2O3S. The van der Waals surface area contributed by atoms with E-state index in [0.29, 0.717) is 23.4 Å². The summed E-state index contributed by atoms with van der Waals surface area (Å²) in [6.45, 7) is 3.44. The van der Waals surface area contributed by atoms with Crippen molar-refractivity contribution in [2.45, 2.75) is 20.3 Å². The van der Waals surface area contributed by atoms with Crippen LogP contribution in [0.15, 0.2) is 29.4 Å². The summed E-state index contributed by atoms with van der Waals surface area (Å²) in [4.78, 5) is 0. The third-order valence-electron chi connectivity index (χ3n) is 2.18. The van der Waals surface area contributed by atoms with Crippen molar-refractivity contribution in [2.24, 2.45) is 5.16 Å². The highest BCUT2D eigenvalue weighted by Gasteiger charge is 2.09.